The Kier molecular flexibility index (Phi) is 12.7. The number of nitrogens with zero attached hydrogens (tertiary/aromatic N) is 3. The van der Waals surface area contributed by atoms with Crippen LogP contribution in [0.15, 0.2) is 23.5 Å². The van der Waals surface area contributed by atoms with E-state index >= 15 is 0 Å². The SMILES string of the molecule is CCCCCCNC(=NC)NCCCn1cccn1.I. The Morgan fingerprint density at radius 3 is 2.50 bits per heavy atom. The summed E-state index contributed by atoms with van der Waals surface area (Å²) >= 11 is 0. The van der Waals surface area contributed by atoms with E-state index in [0.29, 0.717) is 0 Å². The second kappa shape index (κ2) is 13.2. The molecule has 0 atom stereocenters. The first-order chi connectivity index (χ1) is 9.36. The van der Waals surface area contributed by atoms with Gasteiger partial charge in [-0.15, -0.1) is 24.0 Å². The van der Waals surface area contributed by atoms with Gasteiger partial charge in [0.05, 0.1) is 0 Å². The average Bonchev–Trinajstić information content (AvgIpc) is 2.94. The molecule has 0 aliphatic carbocycles. The van der Waals surface area contributed by atoms with Crippen molar-refractivity contribution in [2.45, 2.75) is 45.6 Å². The number of unbranched alkanes of at least 4 members (excludes halogenated alkanes) is 3. The number of aromatic nitrogens is 2. The Balaban J connectivity index is 0.00000361. The Morgan fingerprint density at radius 2 is 1.90 bits per heavy atom. The molecule has 2 N–H and O–H groups in total. The van der Waals surface area contributed by atoms with Crippen LogP contribution in [-0.2, 0) is 6.54 Å². The number of aliphatic imine (C=N–C) groups is 1. The van der Waals surface area contributed by atoms with Crippen LogP contribution in [0, 0.1) is 0 Å². The van der Waals surface area contributed by atoms with Gasteiger partial charge in [0.25, 0.3) is 0 Å². The number of hydrogen-bond donors (Lipinski definition) is 2. The van der Waals surface area contributed by atoms with Crippen LogP contribution in [0.1, 0.15) is 39.0 Å². The van der Waals surface area contributed by atoms with Crippen LogP contribution in [0.2, 0.25) is 0 Å². The van der Waals surface area contributed by atoms with Crippen molar-refractivity contribution >= 4 is 29.9 Å². The molecule has 1 aromatic rings. The summed E-state index contributed by atoms with van der Waals surface area (Å²) in [6.07, 6.45) is 9.93. The number of guanidine groups is 1. The lowest BCUT2D eigenvalue weighted by Crippen LogP contribution is -2.38. The van der Waals surface area contributed by atoms with E-state index in [-0.39, 0.29) is 24.0 Å². The molecule has 0 saturated carbocycles. The smallest absolute Gasteiger partial charge is 0.190 e. The van der Waals surface area contributed by atoms with Crippen molar-refractivity contribution in [1.29, 1.82) is 0 Å². The molecular formula is C14H28IN5. The van der Waals surface area contributed by atoms with E-state index in [1.165, 1.54) is 25.7 Å². The summed E-state index contributed by atoms with van der Waals surface area (Å²) in [6.45, 7) is 5.08. The highest BCUT2D eigenvalue weighted by Crippen LogP contribution is 1.96. The Labute approximate surface area is 139 Å². The minimum absolute atomic E-state index is 0. The molecule has 0 aliphatic rings. The molecule has 0 radical (unpaired) electrons. The van der Waals surface area contributed by atoms with Crippen LogP contribution in [0.25, 0.3) is 0 Å². The molecule has 5 nitrogen and oxygen atoms in total. The molecular weight excluding hydrogens is 365 g/mol. The van der Waals surface area contributed by atoms with E-state index in [1.807, 2.05) is 30.2 Å². The fourth-order valence-electron chi connectivity index (χ4n) is 1.86. The van der Waals surface area contributed by atoms with Crippen molar-refractivity contribution in [2.75, 3.05) is 20.1 Å². The lowest BCUT2D eigenvalue weighted by atomic mass is 10.2. The Morgan fingerprint density at radius 1 is 1.15 bits per heavy atom. The van der Waals surface area contributed by atoms with Crippen LogP contribution in [0.5, 0.6) is 0 Å². The Bertz CT molecular complexity index is 337. The third kappa shape index (κ3) is 9.17. The van der Waals surface area contributed by atoms with Crippen molar-refractivity contribution in [1.82, 2.24) is 20.4 Å². The summed E-state index contributed by atoms with van der Waals surface area (Å²) in [7, 11) is 1.81. The van der Waals surface area contributed by atoms with Crippen molar-refractivity contribution < 1.29 is 0 Å². The van der Waals surface area contributed by atoms with Gasteiger partial charge in [-0.25, -0.2) is 0 Å². The van der Waals surface area contributed by atoms with Crippen LogP contribution < -0.4 is 10.6 Å². The second-order valence-electron chi connectivity index (χ2n) is 4.61. The third-order valence-electron chi connectivity index (χ3n) is 2.96. The van der Waals surface area contributed by atoms with Crippen molar-refractivity contribution in [3.05, 3.63) is 18.5 Å². The third-order valence-corrected chi connectivity index (χ3v) is 2.96. The molecule has 20 heavy (non-hydrogen) atoms. The van der Waals surface area contributed by atoms with E-state index in [0.717, 1.165) is 32.0 Å². The van der Waals surface area contributed by atoms with Crippen LogP contribution in [0.4, 0.5) is 0 Å². The molecule has 0 amide bonds. The van der Waals surface area contributed by atoms with Gasteiger partial charge in [-0.05, 0) is 18.9 Å². The predicted molar refractivity (Wildman–Crippen MR) is 95.8 cm³/mol. The van der Waals surface area contributed by atoms with Gasteiger partial charge >= 0.3 is 0 Å². The van der Waals surface area contributed by atoms with Crippen molar-refractivity contribution in [3.8, 4) is 0 Å². The van der Waals surface area contributed by atoms with Gasteiger partial charge in [0.1, 0.15) is 0 Å². The fourth-order valence-corrected chi connectivity index (χ4v) is 1.86. The highest BCUT2D eigenvalue weighted by molar-refractivity contribution is 14.0. The molecule has 116 valence electrons. The van der Waals surface area contributed by atoms with Gasteiger partial charge in [0, 0.05) is 39.1 Å². The van der Waals surface area contributed by atoms with Gasteiger partial charge in [-0.3, -0.25) is 9.67 Å². The number of aryl methyl sites for hydroxylation is 1. The van der Waals surface area contributed by atoms with E-state index in [2.05, 4.69) is 27.6 Å². The standard InChI is InChI=1S/C14H27N5.HI/c1-3-4-5-6-9-16-14(15-2)17-10-7-12-19-13-8-11-18-19;/h8,11,13H,3-7,9-10,12H2,1-2H3,(H2,15,16,17);1H. The number of nitrogens with one attached hydrogen (secondary N) is 2. The van der Waals surface area contributed by atoms with Crippen LogP contribution >= 0.6 is 24.0 Å². The van der Waals surface area contributed by atoms with Gasteiger partial charge in [-0.2, -0.15) is 5.10 Å². The zero-order valence-electron chi connectivity index (χ0n) is 12.6. The molecule has 0 aliphatic heterocycles. The molecule has 0 saturated heterocycles. The monoisotopic (exact) mass is 393 g/mol. The molecule has 0 spiro atoms. The summed E-state index contributed by atoms with van der Waals surface area (Å²) in [5.41, 5.74) is 0. The first kappa shape index (κ1) is 19.2. The minimum atomic E-state index is 0. The summed E-state index contributed by atoms with van der Waals surface area (Å²) in [5, 5.41) is 10.8. The first-order valence-corrected chi connectivity index (χ1v) is 7.28. The number of rotatable bonds is 9. The second-order valence-corrected chi connectivity index (χ2v) is 4.61. The van der Waals surface area contributed by atoms with E-state index in [9.17, 15) is 0 Å². The lowest BCUT2D eigenvalue weighted by Gasteiger charge is -2.11. The largest absolute Gasteiger partial charge is 0.356 e. The summed E-state index contributed by atoms with van der Waals surface area (Å²) in [5.74, 6) is 0.900. The molecule has 1 rings (SSSR count). The molecule has 0 fully saturated rings. The van der Waals surface area contributed by atoms with Gasteiger partial charge < -0.3 is 10.6 Å². The van der Waals surface area contributed by atoms with E-state index in [1.54, 1.807) is 0 Å². The molecule has 1 aromatic heterocycles. The van der Waals surface area contributed by atoms with Crippen LogP contribution in [-0.4, -0.2) is 35.9 Å². The molecule has 0 unspecified atom stereocenters. The normalized spacial score (nSPS) is 11.0. The topological polar surface area (TPSA) is 54.2 Å². The zero-order chi connectivity index (χ0) is 13.8. The number of hydrogen-bond acceptors (Lipinski definition) is 2. The van der Waals surface area contributed by atoms with E-state index in [4.69, 9.17) is 0 Å². The maximum atomic E-state index is 4.21. The fraction of sp³-hybridized carbons (Fsp3) is 0.714. The molecule has 0 bridgehead atoms. The summed E-state index contributed by atoms with van der Waals surface area (Å²) < 4.78 is 1.95. The van der Waals surface area contributed by atoms with Gasteiger partial charge in [0.2, 0.25) is 0 Å². The molecule has 6 heteroatoms. The Hall–Kier alpha value is -0.790. The average molecular weight is 393 g/mol. The maximum absolute atomic E-state index is 4.21. The predicted octanol–water partition coefficient (Wildman–Crippen LogP) is 2.64. The lowest BCUT2D eigenvalue weighted by molar-refractivity contribution is 0.569. The number of halogens is 1. The van der Waals surface area contributed by atoms with Gasteiger partial charge in [-0.1, -0.05) is 26.2 Å². The van der Waals surface area contributed by atoms with Crippen LogP contribution in [0.3, 0.4) is 0 Å². The van der Waals surface area contributed by atoms with Crippen molar-refractivity contribution in [3.63, 3.8) is 0 Å². The van der Waals surface area contributed by atoms with Crippen molar-refractivity contribution in [2.24, 2.45) is 4.99 Å². The van der Waals surface area contributed by atoms with Gasteiger partial charge in [0.15, 0.2) is 5.96 Å². The summed E-state index contributed by atoms with van der Waals surface area (Å²) in [6, 6.07) is 1.95. The molecule has 0 aromatic carbocycles. The van der Waals surface area contributed by atoms with E-state index < -0.39 is 0 Å². The zero-order valence-corrected chi connectivity index (χ0v) is 15.0. The highest BCUT2D eigenvalue weighted by Gasteiger charge is 1.97. The maximum Gasteiger partial charge on any atom is 0.190 e. The minimum Gasteiger partial charge on any atom is -0.356 e. The first-order valence-electron chi connectivity index (χ1n) is 7.28. The molecule has 1 heterocycles. The summed E-state index contributed by atoms with van der Waals surface area (Å²) in [4.78, 5) is 4.21. The quantitative estimate of drug-likeness (QED) is 0.294. The highest BCUT2D eigenvalue weighted by atomic mass is 127.